The maximum absolute atomic E-state index is 5.40. The van der Waals surface area contributed by atoms with Crippen LogP contribution in [0.25, 0.3) is 0 Å². The van der Waals surface area contributed by atoms with Crippen LogP contribution in [0.1, 0.15) is 19.4 Å². The van der Waals surface area contributed by atoms with Gasteiger partial charge in [0.2, 0.25) is 5.88 Å². The lowest BCUT2D eigenvalue weighted by Crippen LogP contribution is -2.22. The van der Waals surface area contributed by atoms with Gasteiger partial charge in [-0.25, -0.2) is 9.98 Å². The Labute approximate surface area is 89.2 Å². The highest BCUT2D eigenvalue weighted by molar-refractivity contribution is 5.75. The summed E-state index contributed by atoms with van der Waals surface area (Å²) < 4.78 is 5.40. The molecule has 1 heterocycles. The first-order valence-electron chi connectivity index (χ1n) is 4.75. The van der Waals surface area contributed by atoms with Gasteiger partial charge in [0.25, 0.3) is 0 Å². The van der Waals surface area contributed by atoms with Crippen LogP contribution in [0.15, 0.2) is 23.3 Å². The third kappa shape index (κ3) is 4.30. The minimum Gasteiger partial charge on any atom is -0.475 e. The van der Waals surface area contributed by atoms with E-state index in [9.17, 15) is 0 Å². The summed E-state index contributed by atoms with van der Waals surface area (Å²) >= 11 is 0. The molecule has 0 unspecified atom stereocenters. The van der Waals surface area contributed by atoms with E-state index in [1.165, 1.54) is 0 Å². The van der Waals surface area contributed by atoms with Gasteiger partial charge < -0.3 is 16.2 Å². The van der Waals surface area contributed by atoms with Gasteiger partial charge in [-0.15, -0.1) is 0 Å². The maximum Gasteiger partial charge on any atom is 0.213 e. The highest BCUT2D eigenvalue weighted by Gasteiger charge is 1.98. The molecule has 0 aromatic carbocycles. The van der Waals surface area contributed by atoms with E-state index in [1.807, 2.05) is 19.9 Å². The van der Waals surface area contributed by atoms with Crippen molar-refractivity contribution in [1.29, 1.82) is 0 Å². The molecule has 0 aliphatic heterocycles. The molecule has 0 saturated carbocycles. The van der Waals surface area contributed by atoms with E-state index < -0.39 is 0 Å². The quantitative estimate of drug-likeness (QED) is 0.561. The second-order valence-corrected chi connectivity index (χ2v) is 3.41. The molecule has 0 atom stereocenters. The Morgan fingerprint density at radius 3 is 2.67 bits per heavy atom. The van der Waals surface area contributed by atoms with E-state index in [0.717, 1.165) is 5.56 Å². The third-order valence-corrected chi connectivity index (χ3v) is 1.60. The fraction of sp³-hybridized carbons (Fsp3) is 0.400. The van der Waals surface area contributed by atoms with Gasteiger partial charge in [0.1, 0.15) is 0 Å². The van der Waals surface area contributed by atoms with Crippen LogP contribution in [0.2, 0.25) is 0 Å². The molecule has 5 heteroatoms. The van der Waals surface area contributed by atoms with Gasteiger partial charge in [-0.3, -0.25) is 0 Å². The Bertz CT molecular complexity index is 328. The molecule has 0 bridgehead atoms. The summed E-state index contributed by atoms with van der Waals surface area (Å²) in [6.45, 7) is 4.35. The summed E-state index contributed by atoms with van der Waals surface area (Å²) in [5.41, 5.74) is 11.4. The van der Waals surface area contributed by atoms with Crippen LogP contribution in [-0.2, 0) is 6.54 Å². The Morgan fingerprint density at radius 2 is 2.20 bits per heavy atom. The lowest BCUT2D eigenvalue weighted by atomic mass is 10.3. The molecule has 82 valence electrons. The summed E-state index contributed by atoms with van der Waals surface area (Å²) in [5.74, 6) is 0.691. The smallest absolute Gasteiger partial charge is 0.213 e. The molecular weight excluding hydrogens is 192 g/mol. The number of rotatable bonds is 4. The van der Waals surface area contributed by atoms with Crippen molar-refractivity contribution in [2.75, 3.05) is 0 Å². The largest absolute Gasteiger partial charge is 0.475 e. The molecule has 0 spiro atoms. The SMILES string of the molecule is CC(C)Oc1ccc(CN=C(N)N)cn1. The third-order valence-electron chi connectivity index (χ3n) is 1.60. The van der Waals surface area contributed by atoms with Crippen LogP contribution in [0.3, 0.4) is 0 Å². The molecular formula is C10H16N4O. The fourth-order valence-electron chi connectivity index (χ4n) is 0.998. The number of ether oxygens (including phenoxy) is 1. The highest BCUT2D eigenvalue weighted by Crippen LogP contribution is 2.09. The lowest BCUT2D eigenvalue weighted by Gasteiger charge is -2.08. The predicted molar refractivity (Wildman–Crippen MR) is 59.5 cm³/mol. The first-order valence-corrected chi connectivity index (χ1v) is 4.75. The summed E-state index contributed by atoms with van der Waals surface area (Å²) in [7, 11) is 0. The van der Waals surface area contributed by atoms with E-state index in [0.29, 0.717) is 12.4 Å². The zero-order valence-corrected chi connectivity index (χ0v) is 8.97. The van der Waals surface area contributed by atoms with Crippen molar-refractivity contribution in [3.05, 3.63) is 23.9 Å². The normalized spacial score (nSPS) is 10.1. The number of nitrogens with zero attached hydrogens (tertiary/aromatic N) is 2. The average molecular weight is 208 g/mol. The van der Waals surface area contributed by atoms with Crippen molar-refractivity contribution < 1.29 is 4.74 Å². The first-order chi connectivity index (χ1) is 7.08. The molecule has 0 saturated heterocycles. The van der Waals surface area contributed by atoms with E-state index in [-0.39, 0.29) is 12.1 Å². The van der Waals surface area contributed by atoms with Crippen LogP contribution in [0.5, 0.6) is 5.88 Å². The molecule has 0 fully saturated rings. The lowest BCUT2D eigenvalue weighted by molar-refractivity contribution is 0.232. The predicted octanol–water partition coefficient (Wildman–Crippen LogP) is 0.642. The number of pyridine rings is 1. The van der Waals surface area contributed by atoms with E-state index in [4.69, 9.17) is 16.2 Å². The van der Waals surface area contributed by atoms with E-state index in [2.05, 4.69) is 9.98 Å². The number of aromatic nitrogens is 1. The molecule has 0 aliphatic carbocycles. The molecule has 4 N–H and O–H groups in total. The minimum atomic E-state index is 0.0810. The van der Waals surface area contributed by atoms with Crippen molar-refractivity contribution in [3.63, 3.8) is 0 Å². The van der Waals surface area contributed by atoms with Crippen LogP contribution in [0, 0.1) is 0 Å². The van der Waals surface area contributed by atoms with Gasteiger partial charge >= 0.3 is 0 Å². The van der Waals surface area contributed by atoms with Crippen molar-refractivity contribution in [2.45, 2.75) is 26.5 Å². The average Bonchev–Trinajstić information content (AvgIpc) is 2.16. The number of aliphatic imine (C=N–C) groups is 1. The second kappa shape index (κ2) is 5.19. The van der Waals surface area contributed by atoms with E-state index >= 15 is 0 Å². The van der Waals surface area contributed by atoms with Gasteiger partial charge in [-0.05, 0) is 19.4 Å². The van der Waals surface area contributed by atoms with Crippen molar-refractivity contribution in [1.82, 2.24) is 4.98 Å². The molecule has 1 aromatic heterocycles. The van der Waals surface area contributed by atoms with E-state index in [1.54, 1.807) is 12.3 Å². The molecule has 0 amide bonds. The van der Waals surface area contributed by atoms with Crippen molar-refractivity contribution in [3.8, 4) is 5.88 Å². The topological polar surface area (TPSA) is 86.5 Å². The zero-order chi connectivity index (χ0) is 11.3. The van der Waals surface area contributed by atoms with Crippen LogP contribution in [-0.4, -0.2) is 17.0 Å². The second-order valence-electron chi connectivity index (χ2n) is 3.41. The highest BCUT2D eigenvalue weighted by atomic mass is 16.5. The maximum atomic E-state index is 5.40. The molecule has 15 heavy (non-hydrogen) atoms. The Hall–Kier alpha value is -1.78. The number of nitrogens with two attached hydrogens (primary N) is 2. The minimum absolute atomic E-state index is 0.0810. The first kappa shape index (κ1) is 11.3. The van der Waals surface area contributed by atoms with Gasteiger partial charge in [0.05, 0.1) is 12.6 Å². The summed E-state index contributed by atoms with van der Waals surface area (Å²) in [6.07, 6.45) is 1.82. The summed E-state index contributed by atoms with van der Waals surface area (Å²) in [4.78, 5) is 8.00. The Kier molecular flexibility index (Phi) is 3.91. The monoisotopic (exact) mass is 208 g/mol. The van der Waals surface area contributed by atoms with Gasteiger partial charge in [-0.2, -0.15) is 0 Å². The van der Waals surface area contributed by atoms with Crippen molar-refractivity contribution >= 4 is 5.96 Å². The molecule has 1 rings (SSSR count). The van der Waals surface area contributed by atoms with Gasteiger partial charge in [-0.1, -0.05) is 6.07 Å². The van der Waals surface area contributed by atoms with Crippen molar-refractivity contribution in [2.24, 2.45) is 16.5 Å². The number of hydrogen-bond acceptors (Lipinski definition) is 3. The van der Waals surface area contributed by atoms with Gasteiger partial charge in [0.15, 0.2) is 5.96 Å². The molecule has 0 radical (unpaired) electrons. The standard InChI is InChI=1S/C10H16N4O/c1-7(2)15-9-4-3-8(5-13-9)6-14-10(11)12/h3-5,7H,6H2,1-2H3,(H4,11,12,14). The Morgan fingerprint density at radius 1 is 1.47 bits per heavy atom. The summed E-state index contributed by atoms with van der Waals surface area (Å²) in [5, 5.41) is 0. The molecule has 0 aliphatic rings. The molecule has 1 aromatic rings. The zero-order valence-electron chi connectivity index (χ0n) is 8.97. The van der Waals surface area contributed by atoms with Gasteiger partial charge in [0, 0.05) is 12.3 Å². The van der Waals surface area contributed by atoms with Crippen LogP contribution < -0.4 is 16.2 Å². The Balaban J connectivity index is 2.60. The number of hydrogen-bond donors (Lipinski definition) is 2. The summed E-state index contributed by atoms with van der Waals surface area (Å²) in [6, 6.07) is 3.69. The van der Waals surface area contributed by atoms with Crippen LogP contribution >= 0.6 is 0 Å². The molecule has 5 nitrogen and oxygen atoms in total. The van der Waals surface area contributed by atoms with Crippen LogP contribution in [0.4, 0.5) is 0 Å². The number of guanidine groups is 1. The fourth-order valence-corrected chi connectivity index (χ4v) is 0.998.